The van der Waals surface area contributed by atoms with Crippen molar-refractivity contribution in [3.63, 3.8) is 0 Å². The molecule has 0 aliphatic carbocycles. The lowest BCUT2D eigenvalue weighted by Crippen LogP contribution is -2.30. The van der Waals surface area contributed by atoms with Crippen LogP contribution in [0.5, 0.6) is 0 Å². The van der Waals surface area contributed by atoms with Gasteiger partial charge < -0.3 is 33.8 Å². The smallest absolute Gasteiger partial charge is 0.462 e. The van der Waals surface area contributed by atoms with Crippen LogP contribution in [-0.4, -0.2) is 96.7 Å². The maximum absolute atomic E-state index is 13.1. The van der Waals surface area contributed by atoms with Crippen molar-refractivity contribution in [1.82, 2.24) is 0 Å². The van der Waals surface area contributed by atoms with Gasteiger partial charge in [0.2, 0.25) is 0 Å². The van der Waals surface area contributed by atoms with E-state index in [0.29, 0.717) is 25.7 Å². The molecule has 0 aliphatic heterocycles. The number of phosphoric acid groups is 2. The van der Waals surface area contributed by atoms with Crippen LogP contribution >= 0.6 is 15.6 Å². The number of esters is 4. The van der Waals surface area contributed by atoms with Gasteiger partial charge in [-0.1, -0.05) is 319 Å². The number of phosphoric ester groups is 2. The molecular weight excluding hydrogens is 1220 g/mol. The molecule has 0 saturated carbocycles. The Morgan fingerprint density at radius 2 is 0.516 bits per heavy atom. The van der Waals surface area contributed by atoms with Crippen LogP contribution in [0.25, 0.3) is 0 Å². The number of hydrogen-bond donors (Lipinski definition) is 3. The van der Waals surface area contributed by atoms with Gasteiger partial charge in [-0.25, -0.2) is 9.13 Å². The lowest BCUT2D eigenvalue weighted by molar-refractivity contribution is -0.161. The first-order valence-electron chi connectivity index (χ1n) is 38.3. The zero-order valence-corrected chi connectivity index (χ0v) is 62.7. The Hall–Kier alpha value is -1.94. The molecule has 19 heteroatoms. The van der Waals surface area contributed by atoms with Gasteiger partial charge in [0, 0.05) is 25.7 Å². The maximum atomic E-state index is 13.1. The maximum Gasteiger partial charge on any atom is 0.472 e. The number of hydrogen-bond acceptors (Lipinski definition) is 15. The molecule has 0 fully saturated rings. The van der Waals surface area contributed by atoms with E-state index < -0.39 is 97.5 Å². The van der Waals surface area contributed by atoms with Crippen LogP contribution in [0, 0.1) is 23.7 Å². The first-order chi connectivity index (χ1) is 44.7. The van der Waals surface area contributed by atoms with Crippen molar-refractivity contribution >= 4 is 39.5 Å². The summed E-state index contributed by atoms with van der Waals surface area (Å²) in [5.74, 6) is 0.994. The van der Waals surface area contributed by atoms with Gasteiger partial charge in [-0.05, 0) is 49.4 Å². The normalized spacial score (nSPS) is 15.1. The van der Waals surface area contributed by atoms with E-state index in [-0.39, 0.29) is 25.7 Å². The summed E-state index contributed by atoms with van der Waals surface area (Å²) in [5.41, 5.74) is 0. The largest absolute Gasteiger partial charge is 0.472 e. The molecule has 0 rings (SSSR count). The van der Waals surface area contributed by atoms with Crippen molar-refractivity contribution in [2.75, 3.05) is 39.6 Å². The van der Waals surface area contributed by atoms with Crippen LogP contribution < -0.4 is 0 Å². The standard InChI is InChI=1S/C74H144O17P2/c1-9-65(6)51-43-35-27-18-16-14-12-13-15-17-19-32-40-48-56-73(78)90-69(60-85-72(77)55-47-39-31-24-21-28-36-44-52-66(7)10-2)62-88-92(80,81)86-58-68(75)59-87-93(82,83)89-63-70(61-84-71(76)54-46-38-30-23-20-26-34-42-50-64(4)5)91-74(79)57-49-41-33-25-22-29-37-45-53-67(8)11-3/h64-70,75H,9-63H2,1-8H3,(H,80,81)(H,82,83)/t65?,66?,67?,68?,69-,70-/m1/s1. The van der Waals surface area contributed by atoms with Crippen LogP contribution in [0.4, 0.5) is 0 Å². The summed E-state index contributed by atoms with van der Waals surface area (Å²) in [6, 6.07) is 0. The molecule has 0 bridgehead atoms. The summed E-state index contributed by atoms with van der Waals surface area (Å²) in [5, 5.41) is 10.6. The van der Waals surface area contributed by atoms with Crippen molar-refractivity contribution in [3.05, 3.63) is 0 Å². The van der Waals surface area contributed by atoms with Gasteiger partial charge in [0.25, 0.3) is 0 Å². The van der Waals surface area contributed by atoms with Crippen LogP contribution in [0.2, 0.25) is 0 Å². The molecule has 3 N–H and O–H groups in total. The number of aliphatic hydroxyl groups excluding tert-OH is 1. The van der Waals surface area contributed by atoms with Gasteiger partial charge in [0.05, 0.1) is 26.4 Å². The van der Waals surface area contributed by atoms with Crippen LogP contribution in [-0.2, 0) is 65.4 Å². The molecule has 6 unspecified atom stereocenters. The second-order valence-corrected chi connectivity index (χ2v) is 30.8. The highest BCUT2D eigenvalue weighted by molar-refractivity contribution is 7.47. The predicted molar refractivity (Wildman–Crippen MR) is 377 cm³/mol. The number of rotatable bonds is 71. The fraction of sp³-hybridized carbons (Fsp3) is 0.946. The summed E-state index contributed by atoms with van der Waals surface area (Å²) in [6.45, 7) is 14.2. The Bertz CT molecular complexity index is 1840. The molecule has 0 aliphatic rings. The number of ether oxygens (including phenoxy) is 4. The number of carbonyl (C=O) groups is 4. The fourth-order valence-corrected chi connectivity index (χ4v) is 12.7. The van der Waals surface area contributed by atoms with Gasteiger partial charge in [-0.15, -0.1) is 0 Å². The van der Waals surface area contributed by atoms with Crippen LogP contribution in [0.1, 0.15) is 370 Å². The lowest BCUT2D eigenvalue weighted by Gasteiger charge is -2.21. The van der Waals surface area contributed by atoms with E-state index in [0.717, 1.165) is 114 Å². The topological polar surface area (TPSA) is 237 Å². The third-order valence-electron chi connectivity index (χ3n) is 18.2. The molecule has 0 saturated heterocycles. The summed E-state index contributed by atoms with van der Waals surface area (Å²) in [4.78, 5) is 72.7. The molecule has 0 amide bonds. The highest BCUT2D eigenvalue weighted by atomic mass is 31.2. The first kappa shape index (κ1) is 91.1. The molecular formula is C74H144O17P2. The Labute approximate surface area is 568 Å². The van der Waals surface area contributed by atoms with Crippen molar-refractivity contribution in [2.45, 2.75) is 388 Å². The minimum Gasteiger partial charge on any atom is -0.462 e. The molecule has 8 atom stereocenters. The summed E-state index contributed by atoms with van der Waals surface area (Å²) < 4.78 is 68.4. The van der Waals surface area contributed by atoms with Crippen molar-refractivity contribution < 1.29 is 80.2 Å². The van der Waals surface area contributed by atoms with Gasteiger partial charge in [0.1, 0.15) is 19.3 Å². The van der Waals surface area contributed by atoms with Crippen molar-refractivity contribution in [1.29, 1.82) is 0 Å². The van der Waals surface area contributed by atoms with E-state index in [2.05, 4.69) is 55.4 Å². The Balaban J connectivity index is 5.26. The monoisotopic (exact) mass is 1370 g/mol. The van der Waals surface area contributed by atoms with E-state index in [9.17, 15) is 43.2 Å². The van der Waals surface area contributed by atoms with E-state index in [4.69, 9.17) is 37.0 Å². The second-order valence-electron chi connectivity index (χ2n) is 27.9. The summed E-state index contributed by atoms with van der Waals surface area (Å²) in [6.07, 6.45) is 47.0. The molecule has 552 valence electrons. The van der Waals surface area contributed by atoms with Gasteiger partial charge >= 0.3 is 39.5 Å². The van der Waals surface area contributed by atoms with E-state index in [1.165, 1.54) is 173 Å². The second kappa shape index (κ2) is 63.5. The third-order valence-corrected chi connectivity index (χ3v) is 20.1. The molecule has 93 heavy (non-hydrogen) atoms. The van der Waals surface area contributed by atoms with Crippen molar-refractivity contribution in [2.24, 2.45) is 23.7 Å². The highest BCUT2D eigenvalue weighted by Crippen LogP contribution is 2.45. The minimum absolute atomic E-state index is 0.104. The average molecular weight is 1370 g/mol. The lowest BCUT2D eigenvalue weighted by atomic mass is 9.99. The Morgan fingerprint density at radius 1 is 0.301 bits per heavy atom. The molecule has 0 radical (unpaired) electrons. The molecule has 0 aromatic carbocycles. The summed E-state index contributed by atoms with van der Waals surface area (Å²) >= 11 is 0. The van der Waals surface area contributed by atoms with E-state index in [1.54, 1.807) is 0 Å². The van der Waals surface area contributed by atoms with Gasteiger partial charge in [-0.3, -0.25) is 37.3 Å². The summed E-state index contributed by atoms with van der Waals surface area (Å²) in [7, 11) is -9.91. The van der Waals surface area contributed by atoms with Gasteiger partial charge in [-0.2, -0.15) is 0 Å². The molecule has 0 spiro atoms. The van der Waals surface area contributed by atoms with Gasteiger partial charge in [0.15, 0.2) is 12.2 Å². The molecule has 0 aromatic rings. The third kappa shape index (κ3) is 64.5. The minimum atomic E-state index is -4.96. The zero-order valence-electron chi connectivity index (χ0n) is 60.9. The van der Waals surface area contributed by atoms with E-state index >= 15 is 0 Å². The number of carbonyl (C=O) groups excluding carboxylic acids is 4. The Morgan fingerprint density at radius 3 is 0.763 bits per heavy atom. The Kier molecular flexibility index (Phi) is 62.2. The van der Waals surface area contributed by atoms with E-state index in [1.807, 2.05) is 0 Å². The number of unbranched alkanes of at least 4 members (excludes halogenated alkanes) is 34. The van der Waals surface area contributed by atoms with Crippen LogP contribution in [0.3, 0.4) is 0 Å². The quantitative estimate of drug-likeness (QED) is 0.0222. The SMILES string of the molecule is CCC(C)CCCCCCCCCCCCCCCCC(=O)O[C@H](COC(=O)CCCCCCCCCCC(C)CC)COP(=O)(O)OCC(O)COP(=O)(O)OC[C@@H](COC(=O)CCCCCCCCCCC(C)C)OC(=O)CCCCCCCCCCC(C)CC. The average Bonchev–Trinajstić information content (AvgIpc) is 2.83. The van der Waals surface area contributed by atoms with Crippen LogP contribution in [0.15, 0.2) is 0 Å². The molecule has 0 heterocycles. The molecule has 17 nitrogen and oxygen atoms in total. The zero-order chi connectivity index (χ0) is 68.9. The highest BCUT2D eigenvalue weighted by Gasteiger charge is 2.30. The molecule has 0 aromatic heterocycles. The predicted octanol–water partition coefficient (Wildman–Crippen LogP) is 21.3. The first-order valence-corrected chi connectivity index (χ1v) is 41.3. The number of aliphatic hydroxyl groups is 1. The van der Waals surface area contributed by atoms with Crippen molar-refractivity contribution in [3.8, 4) is 0 Å². The fourth-order valence-electron chi connectivity index (χ4n) is 11.1.